The van der Waals surface area contributed by atoms with Crippen molar-refractivity contribution < 1.29 is 4.39 Å². The van der Waals surface area contributed by atoms with Crippen molar-refractivity contribution in [2.45, 2.75) is 10.9 Å². The van der Waals surface area contributed by atoms with E-state index in [1.165, 1.54) is 30.1 Å². The first-order valence-corrected chi connectivity index (χ1v) is 6.13. The minimum atomic E-state index is -0.358. The molecule has 0 atom stereocenters. The number of aromatic amines is 1. The smallest absolute Gasteiger partial charge is 0.270 e. The first-order valence-electron chi connectivity index (χ1n) is 4.77. The molecule has 1 N–H and O–H groups in total. The van der Waals surface area contributed by atoms with E-state index < -0.39 is 0 Å². The van der Waals surface area contributed by atoms with Crippen molar-refractivity contribution in [2.24, 2.45) is 0 Å². The van der Waals surface area contributed by atoms with Crippen LogP contribution in [0.15, 0.2) is 40.4 Å². The second kappa shape index (κ2) is 5.33. The fourth-order valence-electron chi connectivity index (χ4n) is 1.17. The predicted octanol–water partition coefficient (Wildman–Crippen LogP) is 2.85. The van der Waals surface area contributed by atoms with E-state index in [4.69, 9.17) is 11.6 Å². The molecule has 0 spiro atoms. The number of benzene rings is 1. The zero-order valence-corrected chi connectivity index (χ0v) is 10.2. The Labute approximate surface area is 106 Å². The van der Waals surface area contributed by atoms with Crippen LogP contribution in [0, 0.1) is 5.82 Å². The van der Waals surface area contributed by atoms with Crippen LogP contribution >= 0.6 is 23.4 Å². The van der Waals surface area contributed by atoms with E-state index in [0.29, 0.717) is 10.9 Å². The van der Waals surface area contributed by atoms with Crippen LogP contribution in [0.4, 0.5) is 4.39 Å². The highest BCUT2D eigenvalue weighted by atomic mass is 35.5. The lowest BCUT2D eigenvalue weighted by molar-refractivity contribution is 0.627. The monoisotopic (exact) mass is 270 g/mol. The van der Waals surface area contributed by atoms with Crippen molar-refractivity contribution in [3.63, 3.8) is 0 Å². The number of aromatic nitrogens is 2. The van der Waals surface area contributed by atoms with Gasteiger partial charge in [0, 0.05) is 5.75 Å². The van der Waals surface area contributed by atoms with Crippen LogP contribution in [0.2, 0.25) is 5.02 Å². The molecule has 1 heterocycles. The summed E-state index contributed by atoms with van der Waals surface area (Å²) in [6, 6.07) is 6.18. The molecule has 0 saturated carbocycles. The molecule has 3 nitrogen and oxygen atoms in total. The molecule has 1 aromatic heterocycles. The van der Waals surface area contributed by atoms with E-state index in [-0.39, 0.29) is 16.4 Å². The van der Waals surface area contributed by atoms with E-state index in [1.54, 1.807) is 12.1 Å². The van der Waals surface area contributed by atoms with Gasteiger partial charge in [-0.3, -0.25) is 4.79 Å². The van der Waals surface area contributed by atoms with Crippen molar-refractivity contribution in [1.29, 1.82) is 0 Å². The molecule has 0 fully saturated rings. The van der Waals surface area contributed by atoms with Gasteiger partial charge in [-0.2, -0.15) is 0 Å². The summed E-state index contributed by atoms with van der Waals surface area (Å²) in [6.45, 7) is 0. The van der Waals surface area contributed by atoms with Crippen LogP contribution in [0.5, 0.6) is 0 Å². The van der Waals surface area contributed by atoms with Gasteiger partial charge in [-0.1, -0.05) is 35.5 Å². The number of nitrogens with zero attached hydrogens (tertiary/aromatic N) is 1. The number of hydrogen-bond acceptors (Lipinski definition) is 3. The molecule has 0 aliphatic carbocycles. The SMILES string of the molecule is O=c1[nH]c(SCc2ccc(F)cc2)ncc1Cl. The van der Waals surface area contributed by atoms with Gasteiger partial charge in [0.2, 0.25) is 0 Å². The summed E-state index contributed by atoms with van der Waals surface area (Å²) in [5.41, 5.74) is 0.595. The number of H-pyrrole nitrogens is 1. The topological polar surface area (TPSA) is 45.8 Å². The molecule has 6 heteroatoms. The van der Waals surface area contributed by atoms with E-state index in [2.05, 4.69) is 9.97 Å². The van der Waals surface area contributed by atoms with Crippen molar-refractivity contribution in [1.82, 2.24) is 9.97 Å². The highest BCUT2D eigenvalue weighted by Crippen LogP contribution is 2.18. The Morgan fingerprint density at radius 3 is 2.71 bits per heavy atom. The molecule has 2 aromatic rings. The summed E-state index contributed by atoms with van der Waals surface area (Å²) in [7, 11) is 0. The van der Waals surface area contributed by atoms with Crippen LogP contribution < -0.4 is 5.56 Å². The Hall–Kier alpha value is -1.33. The highest BCUT2D eigenvalue weighted by molar-refractivity contribution is 7.98. The van der Waals surface area contributed by atoms with Gasteiger partial charge >= 0.3 is 0 Å². The molecule has 1 aromatic carbocycles. The lowest BCUT2D eigenvalue weighted by atomic mass is 10.2. The Kier molecular flexibility index (Phi) is 3.81. The van der Waals surface area contributed by atoms with Gasteiger partial charge in [-0.15, -0.1) is 0 Å². The molecule has 0 bridgehead atoms. The second-order valence-corrected chi connectivity index (χ2v) is 4.65. The van der Waals surface area contributed by atoms with Gasteiger partial charge in [0.05, 0.1) is 6.20 Å². The zero-order chi connectivity index (χ0) is 12.3. The van der Waals surface area contributed by atoms with Gasteiger partial charge in [0.1, 0.15) is 10.8 Å². The molecule has 0 aliphatic heterocycles. The van der Waals surface area contributed by atoms with Gasteiger partial charge in [-0.25, -0.2) is 9.37 Å². The van der Waals surface area contributed by atoms with Gasteiger partial charge < -0.3 is 4.98 Å². The maximum Gasteiger partial charge on any atom is 0.270 e. The van der Waals surface area contributed by atoms with E-state index in [1.807, 2.05) is 0 Å². The standard InChI is InChI=1S/C11H8ClFN2OS/c12-9-5-14-11(15-10(9)16)17-6-7-1-3-8(13)4-2-7/h1-5H,6H2,(H,14,15,16). The Balaban J connectivity index is 2.04. The maximum atomic E-state index is 12.7. The quantitative estimate of drug-likeness (QED) is 0.689. The summed E-state index contributed by atoms with van der Waals surface area (Å²) in [5, 5.41) is 0.555. The number of thioether (sulfide) groups is 1. The second-order valence-electron chi connectivity index (χ2n) is 3.28. The third-order valence-electron chi connectivity index (χ3n) is 2.02. The van der Waals surface area contributed by atoms with E-state index in [9.17, 15) is 9.18 Å². The van der Waals surface area contributed by atoms with Gasteiger partial charge in [0.15, 0.2) is 5.16 Å². The van der Waals surface area contributed by atoms with Crippen molar-refractivity contribution in [2.75, 3.05) is 0 Å². The zero-order valence-electron chi connectivity index (χ0n) is 8.61. The molecule has 88 valence electrons. The Morgan fingerprint density at radius 2 is 2.06 bits per heavy atom. The first-order chi connectivity index (χ1) is 8.15. The maximum absolute atomic E-state index is 12.7. The summed E-state index contributed by atoms with van der Waals surface area (Å²) < 4.78 is 12.7. The predicted molar refractivity (Wildman–Crippen MR) is 65.8 cm³/mol. The first kappa shape index (κ1) is 12.1. The van der Waals surface area contributed by atoms with Crippen LogP contribution in [0.1, 0.15) is 5.56 Å². The Bertz CT molecular complexity index is 570. The molecule has 0 amide bonds. The van der Waals surface area contributed by atoms with Crippen molar-refractivity contribution in [3.05, 3.63) is 57.2 Å². The third-order valence-corrected chi connectivity index (χ3v) is 3.25. The summed E-state index contributed by atoms with van der Waals surface area (Å²) in [5.74, 6) is 0.335. The molecular formula is C11H8ClFN2OS. The number of halogens is 2. The minimum Gasteiger partial charge on any atom is -0.300 e. The van der Waals surface area contributed by atoms with E-state index >= 15 is 0 Å². The van der Waals surface area contributed by atoms with Crippen LogP contribution in [-0.4, -0.2) is 9.97 Å². The molecule has 0 aliphatic rings. The normalized spacial score (nSPS) is 10.5. The summed E-state index contributed by atoms with van der Waals surface area (Å²) in [4.78, 5) is 17.7. The number of rotatable bonds is 3. The largest absolute Gasteiger partial charge is 0.300 e. The highest BCUT2D eigenvalue weighted by Gasteiger charge is 2.01. The summed E-state index contributed by atoms with van der Waals surface area (Å²) in [6.07, 6.45) is 1.31. The van der Waals surface area contributed by atoms with Gasteiger partial charge in [0.25, 0.3) is 5.56 Å². The van der Waals surface area contributed by atoms with Crippen LogP contribution in [0.25, 0.3) is 0 Å². The van der Waals surface area contributed by atoms with Gasteiger partial charge in [-0.05, 0) is 17.7 Å². The molecule has 0 unspecified atom stereocenters. The lowest BCUT2D eigenvalue weighted by Crippen LogP contribution is -2.08. The van der Waals surface area contributed by atoms with E-state index in [0.717, 1.165) is 5.56 Å². The number of hydrogen-bond donors (Lipinski definition) is 1. The lowest BCUT2D eigenvalue weighted by Gasteiger charge is -2.01. The van der Waals surface area contributed by atoms with Crippen molar-refractivity contribution in [3.8, 4) is 0 Å². The molecule has 0 saturated heterocycles. The minimum absolute atomic E-state index is 0.0659. The third kappa shape index (κ3) is 3.31. The summed E-state index contributed by atoms with van der Waals surface area (Å²) >= 11 is 6.91. The molecule has 17 heavy (non-hydrogen) atoms. The molecular weight excluding hydrogens is 263 g/mol. The van der Waals surface area contributed by atoms with Crippen molar-refractivity contribution >= 4 is 23.4 Å². The Morgan fingerprint density at radius 1 is 1.35 bits per heavy atom. The fraction of sp³-hybridized carbons (Fsp3) is 0.0909. The van der Waals surface area contributed by atoms with Crippen LogP contribution in [-0.2, 0) is 5.75 Å². The fourth-order valence-corrected chi connectivity index (χ4v) is 2.05. The molecule has 0 radical (unpaired) electrons. The number of nitrogens with one attached hydrogen (secondary N) is 1. The van der Waals surface area contributed by atoms with Crippen LogP contribution in [0.3, 0.4) is 0 Å². The average molecular weight is 271 g/mol. The average Bonchev–Trinajstić information content (AvgIpc) is 2.33. The molecule has 2 rings (SSSR count).